The van der Waals surface area contributed by atoms with Crippen LogP contribution >= 0.6 is 0 Å². The molecule has 0 aromatic carbocycles. The van der Waals surface area contributed by atoms with Crippen LogP contribution in [-0.2, 0) is 6.42 Å². The smallest absolute Gasteiger partial charge is 0.251 e. The summed E-state index contributed by atoms with van der Waals surface area (Å²) in [5.41, 5.74) is 6.31. The molecule has 1 saturated heterocycles. The van der Waals surface area contributed by atoms with Crippen molar-refractivity contribution in [2.75, 3.05) is 23.7 Å². The monoisotopic (exact) mass is 272 g/mol. The molecule has 5 nitrogen and oxygen atoms in total. The summed E-state index contributed by atoms with van der Waals surface area (Å²) in [5.74, 6) is -1.94. The molecule has 106 valence electrons. The predicted octanol–water partition coefficient (Wildman–Crippen LogP) is 1.22. The number of hydrogen-bond acceptors (Lipinski definition) is 5. The van der Waals surface area contributed by atoms with Crippen LogP contribution in [-0.4, -0.2) is 40.2 Å². The van der Waals surface area contributed by atoms with Gasteiger partial charge in [-0.2, -0.15) is 4.98 Å². The van der Waals surface area contributed by atoms with Crippen LogP contribution in [0, 0.1) is 0 Å². The number of rotatable bonds is 3. The van der Waals surface area contributed by atoms with Gasteiger partial charge >= 0.3 is 0 Å². The van der Waals surface area contributed by atoms with Crippen LogP contribution in [0.25, 0.3) is 0 Å². The summed E-state index contributed by atoms with van der Waals surface area (Å²) in [6, 6.07) is 1.59. The van der Waals surface area contributed by atoms with E-state index in [1.165, 1.54) is 0 Å². The zero-order chi connectivity index (χ0) is 14.0. The molecule has 0 saturated carbocycles. The Morgan fingerprint density at radius 3 is 2.63 bits per heavy atom. The summed E-state index contributed by atoms with van der Waals surface area (Å²) < 4.78 is 26.2. The second-order valence-corrected chi connectivity index (χ2v) is 4.98. The molecule has 0 spiro atoms. The zero-order valence-corrected chi connectivity index (χ0v) is 10.8. The van der Waals surface area contributed by atoms with E-state index in [0.29, 0.717) is 18.1 Å². The molecule has 0 aliphatic carbocycles. The van der Waals surface area contributed by atoms with E-state index in [-0.39, 0.29) is 31.7 Å². The van der Waals surface area contributed by atoms with Crippen molar-refractivity contribution in [2.24, 2.45) is 0 Å². The topological polar surface area (TPSA) is 75.3 Å². The first-order chi connectivity index (χ1) is 8.85. The van der Waals surface area contributed by atoms with Crippen LogP contribution in [0.15, 0.2) is 6.07 Å². The van der Waals surface area contributed by atoms with Crippen molar-refractivity contribution in [3.05, 3.63) is 11.8 Å². The molecular formula is C12H18F2N4O. The fraction of sp³-hybridized carbons (Fsp3) is 0.667. The lowest BCUT2D eigenvalue weighted by Crippen LogP contribution is -2.40. The number of hydrogen-bond donors (Lipinski definition) is 2. The highest BCUT2D eigenvalue weighted by Crippen LogP contribution is 2.29. The van der Waals surface area contributed by atoms with Crippen LogP contribution in [0.2, 0.25) is 0 Å². The molecule has 1 atom stereocenters. The van der Waals surface area contributed by atoms with Crippen molar-refractivity contribution in [1.82, 2.24) is 9.97 Å². The Kier molecular flexibility index (Phi) is 3.84. The average molecular weight is 272 g/mol. The van der Waals surface area contributed by atoms with E-state index in [4.69, 9.17) is 5.73 Å². The molecule has 0 bridgehead atoms. The highest BCUT2D eigenvalue weighted by molar-refractivity contribution is 5.41. The Balaban J connectivity index is 2.14. The Hall–Kier alpha value is -1.50. The minimum atomic E-state index is -2.60. The number of nitrogens with two attached hydrogens (primary N) is 1. The van der Waals surface area contributed by atoms with E-state index in [0.717, 1.165) is 0 Å². The number of piperidine rings is 1. The molecule has 1 unspecified atom stereocenters. The number of alkyl halides is 2. The lowest BCUT2D eigenvalue weighted by molar-refractivity contribution is -0.0222. The van der Waals surface area contributed by atoms with E-state index in [1.54, 1.807) is 17.9 Å². The van der Waals surface area contributed by atoms with Gasteiger partial charge in [-0.05, 0) is 6.92 Å². The molecule has 1 aromatic rings. The largest absolute Gasteiger partial charge is 0.393 e. The Labute approximate surface area is 110 Å². The Morgan fingerprint density at radius 2 is 2.05 bits per heavy atom. The van der Waals surface area contributed by atoms with Crippen molar-refractivity contribution in [3.8, 4) is 0 Å². The maximum Gasteiger partial charge on any atom is 0.251 e. The number of aromatic nitrogens is 2. The van der Waals surface area contributed by atoms with Gasteiger partial charge in [0.25, 0.3) is 5.92 Å². The third-order valence-electron chi connectivity index (χ3n) is 3.07. The maximum atomic E-state index is 13.1. The standard InChI is InChI=1S/C12H18F2N4O/c1-8(19)6-9-7-10(15)17-11(16-9)18-4-2-12(13,14)3-5-18/h7-8,19H,2-6H2,1H3,(H2,15,16,17). The molecule has 2 rings (SSSR count). The lowest BCUT2D eigenvalue weighted by atomic mass is 10.1. The first kappa shape index (κ1) is 13.9. The summed E-state index contributed by atoms with van der Waals surface area (Å²) >= 11 is 0. The Morgan fingerprint density at radius 1 is 1.42 bits per heavy atom. The first-order valence-electron chi connectivity index (χ1n) is 6.30. The average Bonchev–Trinajstić information content (AvgIpc) is 2.26. The van der Waals surface area contributed by atoms with Gasteiger partial charge in [-0.25, -0.2) is 13.8 Å². The minimum Gasteiger partial charge on any atom is -0.393 e. The third-order valence-corrected chi connectivity index (χ3v) is 3.07. The molecule has 0 amide bonds. The maximum absolute atomic E-state index is 13.1. The van der Waals surface area contributed by atoms with Crippen molar-refractivity contribution in [3.63, 3.8) is 0 Å². The zero-order valence-electron chi connectivity index (χ0n) is 10.8. The van der Waals surface area contributed by atoms with E-state index in [1.807, 2.05) is 0 Å². The van der Waals surface area contributed by atoms with Gasteiger partial charge in [-0.15, -0.1) is 0 Å². The second kappa shape index (κ2) is 5.24. The minimum absolute atomic E-state index is 0.198. The van der Waals surface area contributed by atoms with Crippen molar-refractivity contribution < 1.29 is 13.9 Å². The van der Waals surface area contributed by atoms with E-state index >= 15 is 0 Å². The van der Waals surface area contributed by atoms with Gasteiger partial charge in [-0.1, -0.05) is 0 Å². The number of aliphatic hydroxyl groups is 1. The fourth-order valence-corrected chi connectivity index (χ4v) is 2.09. The third kappa shape index (κ3) is 3.73. The van der Waals surface area contributed by atoms with Crippen LogP contribution in [0.1, 0.15) is 25.5 Å². The van der Waals surface area contributed by atoms with Gasteiger partial charge in [0.05, 0.1) is 11.8 Å². The quantitative estimate of drug-likeness (QED) is 0.865. The van der Waals surface area contributed by atoms with Crippen molar-refractivity contribution in [1.29, 1.82) is 0 Å². The summed E-state index contributed by atoms with van der Waals surface area (Å²) in [7, 11) is 0. The molecule has 19 heavy (non-hydrogen) atoms. The predicted molar refractivity (Wildman–Crippen MR) is 68.2 cm³/mol. The summed E-state index contributed by atoms with van der Waals surface area (Å²) in [6.45, 7) is 2.08. The molecular weight excluding hydrogens is 254 g/mol. The molecule has 2 heterocycles. The fourth-order valence-electron chi connectivity index (χ4n) is 2.09. The number of anilines is 2. The second-order valence-electron chi connectivity index (χ2n) is 4.98. The Bertz CT molecular complexity index is 443. The van der Waals surface area contributed by atoms with Crippen LogP contribution < -0.4 is 10.6 Å². The van der Waals surface area contributed by atoms with Gasteiger partial charge in [0.1, 0.15) is 5.82 Å². The van der Waals surface area contributed by atoms with Crippen LogP contribution in [0.3, 0.4) is 0 Å². The molecule has 3 N–H and O–H groups in total. The number of aliphatic hydroxyl groups excluding tert-OH is 1. The highest BCUT2D eigenvalue weighted by Gasteiger charge is 2.34. The van der Waals surface area contributed by atoms with Crippen LogP contribution in [0.4, 0.5) is 20.5 Å². The van der Waals surface area contributed by atoms with Gasteiger partial charge < -0.3 is 15.7 Å². The van der Waals surface area contributed by atoms with Gasteiger partial charge in [0.15, 0.2) is 0 Å². The molecule has 1 aliphatic rings. The van der Waals surface area contributed by atoms with Crippen LogP contribution in [0.5, 0.6) is 0 Å². The summed E-state index contributed by atoms with van der Waals surface area (Å²) in [5, 5.41) is 9.35. The first-order valence-corrected chi connectivity index (χ1v) is 6.30. The molecule has 1 fully saturated rings. The number of nitrogen functional groups attached to an aromatic ring is 1. The molecule has 1 aromatic heterocycles. The van der Waals surface area contributed by atoms with Gasteiger partial charge in [-0.3, -0.25) is 0 Å². The highest BCUT2D eigenvalue weighted by atomic mass is 19.3. The number of nitrogens with zero attached hydrogens (tertiary/aromatic N) is 3. The molecule has 7 heteroatoms. The SMILES string of the molecule is CC(O)Cc1cc(N)nc(N2CCC(F)(F)CC2)n1. The van der Waals surface area contributed by atoms with Crippen molar-refractivity contribution in [2.45, 2.75) is 38.2 Å². The van der Waals surface area contributed by atoms with Gasteiger partial charge in [0, 0.05) is 38.4 Å². The van der Waals surface area contributed by atoms with Crippen molar-refractivity contribution >= 4 is 11.8 Å². The van der Waals surface area contributed by atoms with E-state index in [9.17, 15) is 13.9 Å². The normalized spacial score (nSPS) is 20.3. The van der Waals surface area contributed by atoms with Gasteiger partial charge in [0.2, 0.25) is 5.95 Å². The molecule has 1 aliphatic heterocycles. The number of halogens is 2. The molecule has 0 radical (unpaired) electrons. The lowest BCUT2D eigenvalue weighted by Gasteiger charge is -2.31. The summed E-state index contributed by atoms with van der Waals surface area (Å²) in [4.78, 5) is 10.1. The van der Waals surface area contributed by atoms with E-state index in [2.05, 4.69) is 9.97 Å². The summed E-state index contributed by atoms with van der Waals surface area (Å²) in [6.07, 6.45) is -0.565. The van der Waals surface area contributed by atoms with E-state index < -0.39 is 12.0 Å².